The van der Waals surface area contributed by atoms with Gasteiger partial charge in [0, 0.05) is 7.11 Å². The third-order valence-electron chi connectivity index (χ3n) is 3.49. The molecule has 4 nitrogen and oxygen atoms in total. The normalized spacial score (nSPS) is 11.7. The second kappa shape index (κ2) is 9.82. The van der Waals surface area contributed by atoms with Crippen LogP contribution in [0.1, 0.15) is 31.9 Å². The molecule has 0 fully saturated rings. The molecule has 0 radical (unpaired) electrons. The Hall–Kier alpha value is -1.10. The van der Waals surface area contributed by atoms with Crippen LogP contribution in [0.5, 0.6) is 5.75 Å². The maximum atomic E-state index is 5.98. The first-order chi connectivity index (χ1) is 10.5. The molecule has 0 saturated heterocycles. The Kier molecular flexibility index (Phi) is 8.46. The van der Waals surface area contributed by atoms with Crippen LogP contribution in [-0.2, 0) is 14.9 Å². The largest absolute Gasteiger partial charge is 0.491 e. The Bertz CT molecular complexity index is 427. The minimum atomic E-state index is 0.0819. The van der Waals surface area contributed by atoms with Crippen molar-refractivity contribution in [3.63, 3.8) is 0 Å². The van der Waals surface area contributed by atoms with Crippen LogP contribution in [0.15, 0.2) is 18.2 Å². The van der Waals surface area contributed by atoms with E-state index in [2.05, 4.69) is 51.2 Å². The van der Waals surface area contributed by atoms with E-state index >= 15 is 0 Å². The van der Waals surface area contributed by atoms with E-state index in [0.717, 1.165) is 32.1 Å². The number of rotatable bonds is 10. The van der Waals surface area contributed by atoms with E-state index in [4.69, 9.17) is 14.2 Å². The molecule has 1 rings (SSSR count). The molecular formula is C18H32NO3+. The Morgan fingerprint density at radius 1 is 1.00 bits per heavy atom. The molecule has 0 aliphatic rings. The van der Waals surface area contributed by atoms with Crippen molar-refractivity contribution in [1.29, 1.82) is 0 Å². The second-order valence-electron chi connectivity index (χ2n) is 6.52. The lowest BCUT2D eigenvalue weighted by molar-refractivity contribution is -0.657. The third kappa shape index (κ3) is 6.77. The number of benzene rings is 1. The van der Waals surface area contributed by atoms with E-state index in [1.807, 2.05) is 0 Å². The zero-order valence-corrected chi connectivity index (χ0v) is 14.8. The summed E-state index contributed by atoms with van der Waals surface area (Å²) in [4.78, 5) is 0. The predicted molar refractivity (Wildman–Crippen MR) is 89.7 cm³/mol. The number of methoxy groups -OCH3 is 1. The summed E-state index contributed by atoms with van der Waals surface area (Å²) in [5, 5.41) is 2.20. The zero-order chi connectivity index (χ0) is 16.4. The highest BCUT2D eigenvalue weighted by Crippen LogP contribution is 2.33. The van der Waals surface area contributed by atoms with Crippen LogP contribution < -0.4 is 10.1 Å². The van der Waals surface area contributed by atoms with Gasteiger partial charge in [-0.1, -0.05) is 39.0 Å². The van der Waals surface area contributed by atoms with Crippen molar-refractivity contribution in [2.45, 2.75) is 33.1 Å². The van der Waals surface area contributed by atoms with Crippen LogP contribution in [0.25, 0.3) is 0 Å². The minimum Gasteiger partial charge on any atom is -0.491 e. The first-order valence-electron chi connectivity index (χ1n) is 8.08. The van der Waals surface area contributed by atoms with Crippen LogP contribution in [-0.4, -0.2) is 46.6 Å². The van der Waals surface area contributed by atoms with Gasteiger partial charge in [0.05, 0.1) is 32.9 Å². The van der Waals surface area contributed by atoms with Crippen LogP contribution in [0, 0.1) is 6.92 Å². The number of hydrogen-bond acceptors (Lipinski definition) is 3. The molecule has 1 aromatic carbocycles. The molecule has 0 aromatic heterocycles. The van der Waals surface area contributed by atoms with Gasteiger partial charge >= 0.3 is 0 Å². The second-order valence-corrected chi connectivity index (χ2v) is 6.52. The number of aryl methyl sites for hydroxylation is 1. The number of ether oxygens (including phenoxy) is 3. The fourth-order valence-electron chi connectivity index (χ4n) is 2.25. The fraction of sp³-hybridized carbons (Fsp3) is 0.667. The van der Waals surface area contributed by atoms with Gasteiger partial charge in [0.1, 0.15) is 12.4 Å². The highest BCUT2D eigenvalue weighted by Gasteiger charge is 2.19. The first-order valence-corrected chi connectivity index (χ1v) is 8.08. The highest BCUT2D eigenvalue weighted by molar-refractivity contribution is 5.44. The predicted octanol–water partition coefficient (Wildman–Crippen LogP) is 1.90. The molecular weight excluding hydrogens is 278 g/mol. The molecule has 0 unspecified atom stereocenters. The van der Waals surface area contributed by atoms with E-state index in [0.29, 0.717) is 13.2 Å². The third-order valence-corrected chi connectivity index (χ3v) is 3.49. The van der Waals surface area contributed by atoms with Crippen LogP contribution in [0.4, 0.5) is 0 Å². The Labute approximate surface area is 135 Å². The van der Waals surface area contributed by atoms with Gasteiger partial charge in [-0.2, -0.15) is 0 Å². The molecule has 0 spiro atoms. The van der Waals surface area contributed by atoms with Crippen molar-refractivity contribution in [3.8, 4) is 5.75 Å². The van der Waals surface area contributed by atoms with Gasteiger partial charge in [-0.15, -0.1) is 0 Å². The van der Waals surface area contributed by atoms with Gasteiger partial charge in [0.15, 0.2) is 0 Å². The first kappa shape index (κ1) is 18.9. The molecule has 2 N–H and O–H groups in total. The van der Waals surface area contributed by atoms with Gasteiger partial charge in [-0.3, -0.25) is 0 Å². The quantitative estimate of drug-likeness (QED) is 0.671. The molecule has 0 aliphatic carbocycles. The summed E-state index contributed by atoms with van der Waals surface area (Å²) in [6, 6.07) is 6.33. The van der Waals surface area contributed by atoms with Crippen molar-refractivity contribution in [2.75, 3.05) is 46.6 Å². The van der Waals surface area contributed by atoms with Crippen LogP contribution >= 0.6 is 0 Å². The summed E-state index contributed by atoms with van der Waals surface area (Å²) in [5.41, 5.74) is 2.51. The van der Waals surface area contributed by atoms with Crippen molar-refractivity contribution < 1.29 is 19.5 Å². The number of nitrogens with two attached hydrogens (primary N) is 1. The smallest absolute Gasteiger partial charge is 0.126 e. The number of hydrogen-bond donors (Lipinski definition) is 1. The molecule has 0 aliphatic heterocycles. The van der Waals surface area contributed by atoms with E-state index in [1.165, 1.54) is 11.1 Å². The summed E-state index contributed by atoms with van der Waals surface area (Å²) < 4.78 is 16.6. The monoisotopic (exact) mass is 310 g/mol. The molecule has 126 valence electrons. The summed E-state index contributed by atoms with van der Waals surface area (Å²) in [7, 11) is 1.72. The van der Waals surface area contributed by atoms with Gasteiger partial charge in [0.2, 0.25) is 0 Å². The average molecular weight is 310 g/mol. The highest BCUT2D eigenvalue weighted by atomic mass is 16.5. The van der Waals surface area contributed by atoms with Crippen molar-refractivity contribution in [2.24, 2.45) is 0 Å². The number of quaternary nitrogens is 1. The van der Waals surface area contributed by atoms with Gasteiger partial charge in [-0.25, -0.2) is 0 Å². The molecule has 4 heteroatoms. The lowest BCUT2D eigenvalue weighted by Gasteiger charge is -2.24. The van der Waals surface area contributed by atoms with Gasteiger partial charge in [-0.05, 0) is 23.5 Å². The summed E-state index contributed by atoms with van der Waals surface area (Å²) in [5.74, 6) is 1.00. The zero-order valence-electron chi connectivity index (χ0n) is 14.8. The van der Waals surface area contributed by atoms with Gasteiger partial charge in [0.25, 0.3) is 0 Å². The maximum absolute atomic E-state index is 5.98. The molecule has 0 atom stereocenters. The topological polar surface area (TPSA) is 44.3 Å². The van der Waals surface area contributed by atoms with Crippen LogP contribution in [0.2, 0.25) is 0 Å². The van der Waals surface area contributed by atoms with Crippen molar-refractivity contribution in [1.82, 2.24) is 0 Å². The van der Waals surface area contributed by atoms with Gasteiger partial charge < -0.3 is 19.5 Å². The summed E-state index contributed by atoms with van der Waals surface area (Å²) in [6.45, 7) is 13.4. The Morgan fingerprint density at radius 2 is 1.73 bits per heavy atom. The van der Waals surface area contributed by atoms with E-state index in [9.17, 15) is 0 Å². The van der Waals surface area contributed by atoms with Crippen LogP contribution in [0.3, 0.4) is 0 Å². The SMILES string of the molecule is COCC[NH2+]CCOCCOc1c(C)cccc1C(C)(C)C. The Morgan fingerprint density at radius 3 is 2.41 bits per heavy atom. The summed E-state index contributed by atoms with van der Waals surface area (Å²) in [6.07, 6.45) is 0. The lowest BCUT2D eigenvalue weighted by Crippen LogP contribution is -2.86. The molecule has 0 saturated carbocycles. The molecule has 0 amide bonds. The number of para-hydroxylation sites is 1. The van der Waals surface area contributed by atoms with Crippen molar-refractivity contribution in [3.05, 3.63) is 29.3 Å². The minimum absolute atomic E-state index is 0.0819. The maximum Gasteiger partial charge on any atom is 0.126 e. The molecule has 22 heavy (non-hydrogen) atoms. The van der Waals surface area contributed by atoms with Crippen molar-refractivity contribution >= 4 is 0 Å². The standard InChI is InChI=1S/C18H31NO3/c1-15-7-6-8-16(18(2,3)4)17(15)22-14-13-21-12-10-19-9-11-20-5/h6-8,19H,9-14H2,1-5H3/p+1. The molecule has 0 heterocycles. The average Bonchev–Trinajstić information content (AvgIpc) is 2.45. The summed E-state index contributed by atoms with van der Waals surface area (Å²) >= 11 is 0. The van der Waals surface area contributed by atoms with E-state index in [1.54, 1.807) is 7.11 Å². The van der Waals surface area contributed by atoms with E-state index in [-0.39, 0.29) is 5.41 Å². The fourth-order valence-corrected chi connectivity index (χ4v) is 2.25. The molecule has 1 aromatic rings. The lowest BCUT2D eigenvalue weighted by atomic mass is 9.85. The van der Waals surface area contributed by atoms with E-state index < -0.39 is 0 Å². The Balaban J connectivity index is 2.31. The molecule has 0 bridgehead atoms.